The number of anilines is 1. The monoisotopic (exact) mass is 296 g/mol. The summed E-state index contributed by atoms with van der Waals surface area (Å²) in [7, 11) is 1.93. The number of fused-ring (bicyclic) bond motifs is 1. The van der Waals surface area contributed by atoms with E-state index >= 15 is 0 Å². The molecule has 112 valence electrons. The van der Waals surface area contributed by atoms with Crippen LogP contribution in [0.2, 0.25) is 0 Å². The molecule has 0 radical (unpaired) electrons. The van der Waals surface area contributed by atoms with Crippen molar-refractivity contribution in [3.63, 3.8) is 0 Å². The van der Waals surface area contributed by atoms with Gasteiger partial charge in [-0.25, -0.2) is 13.9 Å². The Hall–Kier alpha value is -2.43. The molecule has 4 nitrogen and oxygen atoms in total. The van der Waals surface area contributed by atoms with Gasteiger partial charge in [-0.3, -0.25) is 0 Å². The average Bonchev–Trinajstić information content (AvgIpc) is 3.28. The summed E-state index contributed by atoms with van der Waals surface area (Å²) in [6, 6.07) is 8.96. The maximum Gasteiger partial charge on any atom is 0.154 e. The summed E-state index contributed by atoms with van der Waals surface area (Å²) in [4.78, 5) is 6.43. The van der Waals surface area contributed by atoms with Gasteiger partial charge < -0.3 is 4.90 Å². The summed E-state index contributed by atoms with van der Waals surface area (Å²) in [5.41, 5.74) is 2.77. The molecule has 1 fully saturated rings. The number of hydrogen-bond acceptors (Lipinski definition) is 3. The summed E-state index contributed by atoms with van der Waals surface area (Å²) in [6.07, 6.45) is 6.04. The van der Waals surface area contributed by atoms with E-state index in [1.54, 1.807) is 18.3 Å². The van der Waals surface area contributed by atoms with Gasteiger partial charge in [-0.1, -0.05) is 18.2 Å². The minimum Gasteiger partial charge on any atom is -0.353 e. The first kappa shape index (κ1) is 13.2. The molecule has 0 amide bonds. The van der Waals surface area contributed by atoms with Crippen molar-refractivity contribution in [1.29, 1.82) is 0 Å². The third-order valence-electron chi connectivity index (χ3n) is 4.11. The van der Waals surface area contributed by atoms with Crippen LogP contribution < -0.4 is 4.90 Å². The van der Waals surface area contributed by atoms with Gasteiger partial charge in [-0.2, -0.15) is 5.10 Å². The lowest BCUT2D eigenvalue weighted by Gasteiger charge is -2.19. The van der Waals surface area contributed by atoms with Crippen LogP contribution in [-0.2, 0) is 6.54 Å². The van der Waals surface area contributed by atoms with Crippen molar-refractivity contribution in [1.82, 2.24) is 14.6 Å². The lowest BCUT2D eigenvalue weighted by atomic mass is 10.2. The molecule has 1 aromatic carbocycles. The van der Waals surface area contributed by atoms with Crippen LogP contribution in [0.15, 0.2) is 42.7 Å². The molecule has 2 aromatic heterocycles. The van der Waals surface area contributed by atoms with Crippen LogP contribution in [0, 0.1) is 5.82 Å². The molecule has 1 aliphatic carbocycles. The van der Waals surface area contributed by atoms with Gasteiger partial charge in [-0.15, -0.1) is 0 Å². The zero-order valence-corrected chi connectivity index (χ0v) is 12.4. The van der Waals surface area contributed by atoms with Crippen LogP contribution >= 0.6 is 0 Å². The van der Waals surface area contributed by atoms with Gasteiger partial charge >= 0.3 is 0 Å². The molecule has 0 bridgehead atoms. The highest BCUT2D eigenvalue weighted by Crippen LogP contribution is 2.40. The quantitative estimate of drug-likeness (QED) is 0.740. The zero-order chi connectivity index (χ0) is 15.1. The highest BCUT2D eigenvalue weighted by molar-refractivity contribution is 5.69. The van der Waals surface area contributed by atoms with E-state index in [1.165, 1.54) is 18.9 Å². The van der Waals surface area contributed by atoms with Crippen molar-refractivity contribution in [3.05, 3.63) is 59.8 Å². The van der Waals surface area contributed by atoms with Gasteiger partial charge in [0, 0.05) is 37.5 Å². The summed E-state index contributed by atoms with van der Waals surface area (Å²) in [5.74, 6) is 1.24. The number of rotatable bonds is 4. The number of aromatic nitrogens is 3. The van der Waals surface area contributed by atoms with Gasteiger partial charge in [0.15, 0.2) is 5.82 Å². The van der Waals surface area contributed by atoms with Gasteiger partial charge in [0.1, 0.15) is 11.3 Å². The summed E-state index contributed by atoms with van der Waals surface area (Å²) in [6.45, 7) is 0.475. The van der Waals surface area contributed by atoms with Gasteiger partial charge in [0.05, 0.1) is 5.69 Å². The first-order chi connectivity index (χ1) is 10.7. The molecule has 0 N–H and O–H groups in total. The molecule has 0 saturated heterocycles. The van der Waals surface area contributed by atoms with Crippen LogP contribution in [0.3, 0.4) is 0 Å². The van der Waals surface area contributed by atoms with Crippen LogP contribution in [0.4, 0.5) is 10.2 Å². The summed E-state index contributed by atoms with van der Waals surface area (Å²) >= 11 is 0. The number of benzene rings is 1. The molecule has 1 saturated carbocycles. The van der Waals surface area contributed by atoms with Gasteiger partial charge in [0.25, 0.3) is 0 Å². The maximum atomic E-state index is 13.8. The Morgan fingerprint density at radius 3 is 2.91 bits per heavy atom. The third kappa shape index (κ3) is 2.32. The van der Waals surface area contributed by atoms with Crippen molar-refractivity contribution >= 4 is 11.3 Å². The second kappa shape index (κ2) is 5.09. The first-order valence-corrected chi connectivity index (χ1v) is 7.51. The standard InChI is InChI=1S/C17H17FN4/c1-21(11-13-4-2-3-5-14(13)18)17-16-10-15(12-6-7-12)20-22(16)9-8-19-17/h2-5,8-10,12H,6-7,11H2,1H3. The van der Waals surface area contributed by atoms with Crippen LogP contribution in [0.25, 0.3) is 5.52 Å². The fourth-order valence-electron chi connectivity index (χ4n) is 2.76. The SMILES string of the molecule is CN(Cc1ccccc1F)c1nccn2nc(C3CC3)cc12. The van der Waals surface area contributed by atoms with E-state index in [0.29, 0.717) is 18.0 Å². The Labute approximate surface area is 128 Å². The van der Waals surface area contributed by atoms with Crippen molar-refractivity contribution in [2.24, 2.45) is 0 Å². The topological polar surface area (TPSA) is 33.4 Å². The molecular formula is C17H17FN4. The smallest absolute Gasteiger partial charge is 0.154 e. The summed E-state index contributed by atoms with van der Waals surface area (Å²) in [5, 5.41) is 4.62. The van der Waals surface area contributed by atoms with Crippen molar-refractivity contribution in [2.45, 2.75) is 25.3 Å². The highest BCUT2D eigenvalue weighted by atomic mass is 19.1. The van der Waals surface area contributed by atoms with Gasteiger partial charge in [-0.05, 0) is 25.0 Å². The molecule has 0 spiro atoms. The molecule has 22 heavy (non-hydrogen) atoms. The molecular weight excluding hydrogens is 279 g/mol. The predicted octanol–water partition coefficient (Wildman–Crippen LogP) is 3.38. The second-order valence-corrected chi connectivity index (χ2v) is 5.87. The normalized spacial score (nSPS) is 14.5. The summed E-state index contributed by atoms with van der Waals surface area (Å²) < 4.78 is 15.7. The van der Waals surface area contributed by atoms with Crippen molar-refractivity contribution < 1.29 is 4.39 Å². The van der Waals surface area contributed by atoms with E-state index < -0.39 is 0 Å². The average molecular weight is 296 g/mol. The minimum absolute atomic E-state index is 0.187. The number of nitrogens with zero attached hydrogens (tertiary/aromatic N) is 4. The van der Waals surface area contributed by atoms with Crippen molar-refractivity contribution in [3.8, 4) is 0 Å². The minimum atomic E-state index is -0.187. The third-order valence-corrected chi connectivity index (χ3v) is 4.11. The maximum absolute atomic E-state index is 13.8. The van der Waals surface area contributed by atoms with E-state index in [2.05, 4.69) is 16.1 Å². The molecule has 5 heteroatoms. The van der Waals surface area contributed by atoms with E-state index in [4.69, 9.17) is 0 Å². The number of halogens is 1. The fraction of sp³-hybridized carbons (Fsp3) is 0.294. The molecule has 3 aromatic rings. The Balaban J connectivity index is 1.69. The van der Waals surface area contributed by atoms with Crippen LogP contribution in [0.1, 0.15) is 30.0 Å². The Kier molecular flexibility index (Phi) is 3.06. The molecule has 1 aliphatic rings. The highest BCUT2D eigenvalue weighted by Gasteiger charge is 2.27. The molecule has 4 rings (SSSR count). The van der Waals surface area contributed by atoms with Gasteiger partial charge in [0.2, 0.25) is 0 Å². The van der Waals surface area contributed by atoms with E-state index in [9.17, 15) is 4.39 Å². The van der Waals surface area contributed by atoms with Crippen LogP contribution in [-0.4, -0.2) is 21.6 Å². The zero-order valence-electron chi connectivity index (χ0n) is 12.4. The molecule has 0 aliphatic heterocycles. The Bertz CT molecular complexity index is 822. The van der Waals surface area contributed by atoms with E-state index in [1.807, 2.05) is 28.7 Å². The second-order valence-electron chi connectivity index (χ2n) is 5.87. The van der Waals surface area contributed by atoms with E-state index in [0.717, 1.165) is 17.0 Å². The predicted molar refractivity (Wildman–Crippen MR) is 83.5 cm³/mol. The lowest BCUT2D eigenvalue weighted by molar-refractivity contribution is 0.607. The Morgan fingerprint density at radius 2 is 2.14 bits per heavy atom. The van der Waals surface area contributed by atoms with Crippen molar-refractivity contribution in [2.75, 3.05) is 11.9 Å². The fourth-order valence-corrected chi connectivity index (χ4v) is 2.76. The van der Waals surface area contributed by atoms with E-state index in [-0.39, 0.29) is 5.82 Å². The molecule has 0 atom stereocenters. The van der Waals surface area contributed by atoms with Crippen LogP contribution in [0.5, 0.6) is 0 Å². The Morgan fingerprint density at radius 1 is 1.32 bits per heavy atom. The molecule has 0 unspecified atom stereocenters. The number of hydrogen-bond donors (Lipinski definition) is 0. The molecule has 2 heterocycles. The largest absolute Gasteiger partial charge is 0.353 e. The first-order valence-electron chi connectivity index (χ1n) is 7.51. The lowest BCUT2D eigenvalue weighted by Crippen LogP contribution is -2.19.